The van der Waals surface area contributed by atoms with Crippen molar-refractivity contribution in [2.24, 2.45) is 0 Å². The lowest BCUT2D eigenvalue weighted by molar-refractivity contribution is 0.354. The van der Waals surface area contributed by atoms with Gasteiger partial charge in [-0.2, -0.15) is 5.10 Å². The highest BCUT2D eigenvalue weighted by Crippen LogP contribution is 2.29. The van der Waals surface area contributed by atoms with Gasteiger partial charge in [0.05, 0.1) is 32.0 Å². The quantitative estimate of drug-likeness (QED) is 0.799. The van der Waals surface area contributed by atoms with Crippen LogP contribution >= 0.6 is 11.6 Å². The Bertz CT molecular complexity index is 552. The molecule has 0 radical (unpaired) electrons. The summed E-state index contributed by atoms with van der Waals surface area (Å²) in [4.78, 5) is 0. The van der Waals surface area contributed by atoms with E-state index in [0.29, 0.717) is 17.4 Å². The molecule has 0 saturated carbocycles. The first-order chi connectivity index (χ1) is 8.71. The molecular weight excluding hydrogens is 252 g/mol. The zero-order valence-electron chi connectivity index (χ0n) is 10.6. The van der Waals surface area contributed by atoms with Crippen LogP contribution in [0.2, 0.25) is 0 Å². The molecule has 0 aliphatic heterocycles. The maximum Gasteiger partial charge on any atom is 0.162 e. The first-order valence-corrected chi connectivity index (χ1v) is 6.06. The third-order valence-corrected chi connectivity index (χ3v) is 3.16. The van der Waals surface area contributed by atoms with Crippen LogP contribution in [0.25, 0.3) is 5.69 Å². The highest BCUT2D eigenvalue weighted by molar-refractivity contribution is 6.17. The molecule has 96 valence electrons. The molecular formula is C13H15ClN2O2. The van der Waals surface area contributed by atoms with Crippen molar-refractivity contribution in [3.63, 3.8) is 0 Å². The van der Waals surface area contributed by atoms with E-state index in [4.69, 9.17) is 21.1 Å². The number of hydrogen-bond donors (Lipinski definition) is 0. The fraction of sp³-hybridized carbons (Fsp3) is 0.308. The average Bonchev–Trinajstić information content (AvgIpc) is 2.79. The minimum Gasteiger partial charge on any atom is -0.493 e. The second kappa shape index (κ2) is 5.31. The number of rotatable bonds is 4. The van der Waals surface area contributed by atoms with Gasteiger partial charge in [-0.25, -0.2) is 4.68 Å². The van der Waals surface area contributed by atoms with Crippen molar-refractivity contribution < 1.29 is 9.47 Å². The molecule has 0 atom stereocenters. The van der Waals surface area contributed by atoms with Crippen molar-refractivity contribution in [3.8, 4) is 17.2 Å². The van der Waals surface area contributed by atoms with Crippen LogP contribution in [0.5, 0.6) is 11.5 Å². The summed E-state index contributed by atoms with van der Waals surface area (Å²) >= 11 is 5.84. The highest BCUT2D eigenvalue weighted by atomic mass is 35.5. The number of aromatic nitrogens is 2. The van der Waals surface area contributed by atoms with E-state index < -0.39 is 0 Å². The molecule has 0 aliphatic rings. The lowest BCUT2D eigenvalue weighted by atomic mass is 10.2. The Hall–Kier alpha value is -1.68. The van der Waals surface area contributed by atoms with E-state index >= 15 is 0 Å². The van der Waals surface area contributed by atoms with Crippen LogP contribution < -0.4 is 9.47 Å². The molecule has 0 unspecified atom stereocenters. The Morgan fingerprint density at radius 3 is 2.50 bits per heavy atom. The predicted octanol–water partition coefficient (Wildman–Crippen LogP) is 2.94. The largest absolute Gasteiger partial charge is 0.493 e. The lowest BCUT2D eigenvalue weighted by Crippen LogP contribution is -2.00. The number of alkyl halides is 1. The minimum atomic E-state index is 0.457. The van der Waals surface area contributed by atoms with Crippen molar-refractivity contribution in [3.05, 3.63) is 35.7 Å². The maximum absolute atomic E-state index is 5.84. The Labute approximate surface area is 111 Å². The highest BCUT2D eigenvalue weighted by Gasteiger charge is 2.10. The zero-order chi connectivity index (χ0) is 13.1. The van der Waals surface area contributed by atoms with Gasteiger partial charge >= 0.3 is 0 Å². The Morgan fingerprint density at radius 2 is 1.94 bits per heavy atom. The number of ether oxygens (including phenoxy) is 2. The normalized spacial score (nSPS) is 10.4. The van der Waals surface area contributed by atoms with Gasteiger partial charge < -0.3 is 9.47 Å². The van der Waals surface area contributed by atoms with Crippen molar-refractivity contribution in [1.29, 1.82) is 0 Å². The summed E-state index contributed by atoms with van der Waals surface area (Å²) in [7, 11) is 3.23. The van der Waals surface area contributed by atoms with Gasteiger partial charge in [0.25, 0.3) is 0 Å². The van der Waals surface area contributed by atoms with Gasteiger partial charge in [-0.1, -0.05) is 0 Å². The van der Waals surface area contributed by atoms with Crippen LogP contribution in [0.4, 0.5) is 0 Å². The van der Waals surface area contributed by atoms with Crippen LogP contribution in [-0.2, 0) is 5.88 Å². The number of methoxy groups -OCH3 is 2. The number of hydrogen-bond acceptors (Lipinski definition) is 3. The average molecular weight is 267 g/mol. The van der Waals surface area contributed by atoms with Crippen molar-refractivity contribution in [2.75, 3.05) is 14.2 Å². The number of nitrogens with zero attached hydrogens (tertiary/aromatic N) is 2. The van der Waals surface area contributed by atoms with Crippen LogP contribution in [0.1, 0.15) is 11.3 Å². The Morgan fingerprint density at radius 1 is 1.22 bits per heavy atom. The molecule has 4 nitrogen and oxygen atoms in total. The third-order valence-electron chi connectivity index (χ3n) is 2.87. The summed E-state index contributed by atoms with van der Waals surface area (Å²) in [5, 5.41) is 4.32. The van der Waals surface area contributed by atoms with Gasteiger partial charge in [-0.3, -0.25) is 0 Å². The van der Waals surface area contributed by atoms with Crippen molar-refractivity contribution in [2.45, 2.75) is 12.8 Å². The Kier molecular flexibility index (Phi) is 3.77. The van der Waals surface area contributed by atoms with Crippen LogP contribution in [-0.4, -0.2) is 24.0 Å². The summed E-state index contributed by atoms with van der Waals surface area (Å²) in [6.07, 6.45) is 1.78. The second-order valence-corrected chi connectivity index (χ2v) is 4.11. The van der Waals surface area contributed by atoms with E-state index in [9.17, 15) is 0 Å². The molecule has 2 aromatic rings. The molecule has 18 heavy (non-hydrogen) atoms. The summed E-state index contributed by atoms with van der Waals surface area (Å²) in [6.45, 7) is 1.99. The predicted molar refractivity (Wildman–Crippen MR) is 71.0 cm³/mol. The first-order valence-electron chi connectivity index (χ1n) is 5.53. The van der Waals surface area contributed by atoms with E-state index in [0.717, 1.165) is 16.9 Å². The van der Waals surface area contributed by atoms with Crippen LogP contribution in [0, 0.1) is 6.92 Å². The van der Waals surface area contributed by atoms with Crippen LogP contribution in [0.15, 0.2) is 24.4 Å². The molecule has 2 rings (SSSR count). The summed E-state index contributed by atoms with van der Waals surface area (Å²) in [6, 6.07) is 5.67. The van der Waals surface area contributed by atoms with Crippen molar-refractivity contribution in [1.82, 2.24) is 9.78 Å². The van der Waals surface area contributed by atoms with E-state index in [1.807, 2.05) is 29.8 Å². The van der Waals surface area contributed by atoms with E-state index in [-0.39, 0.29) is 0 Å². The fourth-order valence-corrected chi connectivity index (χ4v) is 2.05. The zero-order valence-corrected chi connectivity index (χ0v) is 11.4. The van der Waals surface area contributed by atoms with Gasteiger partial charge in [0.1, 0.15) is 0 Å². The molecule has 0 bridgehead atoms. The fourth-order valence-electron chi connectivity index (χ4n) is 1.79. The molecule has 5 heteroatoms. The second-order valence-electron chi connectivity index (χ2n) is 3.84. The van der Waals surface area contributed by atoms with Gasteiger partial charge in [0, 0.05) is 17.3 Å². The van der Waals surface area contributed by atoms with E-state index in [1.54, 1.807) is 20.4 Å². The monoisotopic (exact) mass is 266 g/mol. The lowest BCUT2D eigenvalue weighted by Gasteiger charge is -2.10. The summed E-state index contributed by atoms with van der Waals surface area (Å²) in [5.41, 5.74) is 2.96. The molecule has 1 aromatic carbocycles. The molecule has 0 fully saturated rings. The van der Waals surface area contributed by atoms with Gasteiger partial charge in [-0.05, 0) is 19.1 Å². The van der Waals surface area contributed by atoms with Gasteiger partial charge in [0.2, 0.25) is 0 Å². The molecule has 1 heterocycles. The SMILES string of the molecule is COc1ccc(-n2ncc(CCl)c2C)cc1OC. The first kappa shape index (κ1) is 12.8. The molecule has 0 amide bonds. The molecule has 0 saturated heterocycles. The summed E-state index contributed by atoms with van der Waals surface area (Å²) < 4.78 is 12.3. The standard InChI is InChI=1S/C13H15ClN2O2/c1-9-10(7-14)8-15-16(9)11-4-5-12(17-2)13(6-11)18-3/h4-6,8H,7H2,1-3H3. The molecule has 0 N–H and O–H groups in total. The number of halogens is 1. The van der Waals surface area contributed by atoms with E-state index in [2.05, 4.69) is 5.10 Å². The number of benzene rings is 1. The van der Waals surface area contributed by atoms with Gasteiger partial charge in [0.15, 0.2) is 11.5 Å². The minimum absolute atomic E-state index is 0.457. The summed E-state index contributed by atoms with van der Waals surface area (Å²) in [5.74, 6) is 1.83. The molecule has 0 spiro atoms. The topological polar surface area (TPSA) is 36.3 Å². The van der Waals surface area contributed by atoms with Crippen molar-refractivity contribution >= 4 is 11.6 Å². The van der Waals surface area contributed by atoms with E-state index in [1.165, 1.54) is 0 Å². The molecule has 0 aliphatic carbocycles. The third kappa shape index (κ3) is 2.16. The smallest absolute Gasteiger partial charge is 0.162 e. The Balaban J connectivity index is 2.47. The van der Waals surface area contributed by atoms with Gasteiger partial charge in [-0.15, -0.1) is 11.6 Å². The molecule has 1 aromatic heterocycles. The maximum atomic E-state index is 5.84. The van der Waals surface area contributed by atoms with Crippen LogP contribution in [0.3, 0.4) is 0 Å².